The lowest BCUT2D eigenvalue weighted by Crippen LogP contribution is -2.34. The molecule has 4 aromatic rings. The van der Waals surface area contributed by atoms with E-state index in [2.05, 4.69) is 114 Å². The second-order valence-electron chi connectivity index (χ2n) is 11.7. The maximum absolute atomic E-state index is 6.79. The smallest absolute Gasteiger partial charge is 0.144 e. The van der Waals surface area contributed by atoms with E-state index in [9.17, 15) is 0 Å². The van der Waals surface area contributed by atoms with Gasteiger partial charge in [0.25, 0.3) is 0 Å². The van der Waals surface area contributed by atoms with Crippen LogP contribution in [0.5, 0.6) is 0 Å². The highest BCUT2D eigenvalue weighted by Gasteiger charge is 2.39. The summed E-state index contributed by atoms with van der Waals surface area (Å²) in [5.74, 6) is 0. The van der Waals surface area contributed by atoms with Crippen molar-refractivity contribution in [2.75, 3.05) is 62.1 Å². The minimum atomic E-state index is -0.753. The molecule has 2 saturated heterocycles. The lowest BCUT2D eigenvalue weighted by atomic mass is 9.77. The quantitative estimate of drug-likeness (QED) is 0.225. The first-order valence-electron chi connectivity index (χ1n) is 15.1. The van der Waals surface area contributed by atoms with Gasteiger partial charge in [0, 0.05) is 75.4 Å². The van der Waals surface area contributed by atoms with Crippen molar-refractivity contribution in [3.8, 4) is 0 Å². The second kappa shape index (κ2) is 11.5. The van der Waals surface area contributed by atoms with Crippen molar-refractivity contribution >= 4 is 27.8 Å². The van der Waals surface area contributed by atoms with Crippen LogP contribution in [0.15, 0.2) is 84.9 Å². The number of nitrogens with zero attached hydrogens (tertiary/aromatic N) is 3. The first-order valence-corrected chi connectivity index (χ1v) is 15.1. The fourth-order valence-electron chi connectivity index (χ4n) is 6.94. The molecule has 2 fully saturated rings. The number of ether oxygens (including phenoxy) is 1. The van der Waals surface area contributed by atoms with Crippen LogP contribution < -0.4 is 14.7 Å². The van der Waals surface area contributed by atoms with Crippen LogP contribution in [0.1, 0.15) is 55.2 Å². The molecule has 0 aliphatic carbocycles. The Bertz CT molecular complexity index is 1430. The Morgan fingerprint density at radius 1 is 0.600 bits per heavy atom. The molecule has 40 heavy (non-hydrogen) atoms. The van der Waals surface area contributed by atoms with Gasteiger partial charge in [-0.15, -0.1) is 0 Å². The molecule has 2 heterocycles. The molecule has 0 N–H and O–H groups in total. The van der Waals surface area contributed by atoms with Gasteiger partial charge in [-0.05, 0) is 85.4 Å². The van der Waals surface area contributed by atoms with Gasteiger partial charge in [-0.3, -0.25) is 0 Å². The molecule has 4 nitrogen and oxygen atoms in total. The minimum absolute atomic E-state index is 0.753. The molecule has 4 heteroatoms. The first-order chi connectivity index (χ1) is 19.6. The molecule has 1 unspecified atom stereocenters. The van der Waals surface area contributed by atoms with Crippen LogP contribution in [0.3, 0.4) is 0 Å². The Morgan fingerprint density at radius 3 is 1.85 bits per heavy atom. The van der Waals surface area contributed by atoms with Crippen molar-refractivity contribution < 1.29 is 4.74 Å². The van der Waals surface area contributed by atoms with E-state index in [1.165, 1.54) is 77.5 Å². The lowest BCUT2D eigenvalue weighted by Gasteiger charge is -2.37. The van der Waals surface area contributed by atoms with Gasteiger partial charge in [-0.1, -0.05) is 54.6 Å². The first kappa shape index (κ1) is 26.7. The molecular formula is C36H43N3O. The molecule has 0 radical (unpaired) electrons. The van der Waals surface area contributed by atoms with Gasteiger partial charge in [-0.2, -0.15) is 0 Å². The standard InChI is InChI=1S/C36H43N3O/c1-37(2)35-22-21-34(32-15-6-7-16-33(32)35)36(40-3,28-17-19-30(20-18-28)38-23-8-4-9-24-38)29-13-12-14-31(27-29)39-25-10-5-11-26-39/h6-7,12-22,27H,4-5,8-11,23-26H2,1-3H3. The van der Waals surface area contributed by atoms with E-state index in [1.807, 2.05) is 7.11 Å². The number of benzene rings is 4. The molecule has 0 aromatic heterocycles. The average Bonchev–Trinajstić information content (AvgIpc) is 3.03. The molecule has 0 amide bonds. The van der Waals surface area contributed by atoms with Gasteiger partial charge in [0.05, 0.1) is 0 Å². The van der Waals surface area contributed by atoms with E-state index < -0.39 is 5.60 Å². The van der Waals surface area contributed by atoms with Crippen LogP contribution in [0, 0.1) is 0 Å². The Balaban J connectivity index is 1.55. The third kappa shape index (κ3) is 4.83. The zero-order valence-corrected chi connectivity index (χ0v) is 24.4. The fraction of sp³-hybridized carbons (Fsp3) is 0.389. The number of fused-ring (bicyclic) bond motifs is 1. The Hall–Kier alpha value is -3.50. The van der Waals surface area contributed by atoms with Crippen LogP contribution in [-0.4, -0.2) is 47.4 Å². The minimum Gasteiger partial charge on any atom is -0.377 e. The van der Waals surface area contributed by atoms with Crippen LogP contribution in [-0.2, 0) is 10.3 Å². The fourth-order valence-corrected chi connectivity index (χ4v) is 6.94. The van der Waals surface area contributed by atoms with E-state index in [-0.39, 0.29) is 0 Å². The van der Waals surface area contributed by atoms with Crippen molar-refractivity contribution in [3.05, 3.63) is 102 Å². The Labute approximate surface area is 240 Å². The summed E-state index contributed by atoms with van der Waals surface area (Å²) in [6.07, 6.45) is 7.73. The molecule has 2 aliphatic heterocycles. The number of hydrogen-bond acceptors (Lipinski definition) is 4. The van der Waals surface area contributed by atoms with Gasteiger partial charge < -0.3 is 19.4 Å². The van der Waals surface area contributed by atoms with Crippen molar-refractivity contribution in [2.24, 2.45) is 0 Å². The molecule has 0 saturated carbocycles. The molecule has 0 bridgehead atoms. The Kier molecular flexibility index (Phi) is 7.71. The number of hydrogen-bond donors (Lipinski definition) is 0. The van der Waals surface area contributed by atoms with E-state index in [4.69, 9.17) is 4.74 Å². The summed E-state index contributed by atoms with van der Waals surface area (Å²) >= 11 is 0. The van der Waals surface area contributed by atoms with Crippen molar-refractivity contribution in [1.82, 2.24) is 0 Å². The third-order valence-electron chi connectivity index (χ3n) is 9.04. The number of piperidine rings is 2. The molecule has 0 spiro atoms. The average molecular weight is 534 g/mol. The van der Waals surface area contributed by atoms with Crippen molar-refractivity contribution in [2.45, 2.75) is 44.1 Å². The van der Waals surface area contributed by atoms with Gasteiger partial charge in [-0.25, -0.2) is 0 Å². The summed E-state index contributed by atoms with van der Waals surface area (Å²) in [5, 5.41) is 2.46. The maximum atomic E-state index is 6.79. The number of methoxy groups -OCH3 is 1. The van der Waals surface area contributed by atoms with Crippen LogP contribution in [0.25, 0.3) is 10.8 Å². The van der Waals surface area contributed by atoms with E-state index >= 15 is 0 Å². The summed E-state index contributed by atoms with van der Waals surface area (Å²) in [6.45, 7) is 4.52. The van der Waals surface area contributed by atoms with Crippen LogP contribution >= 0.6 is 0 Å². The monoisotopic (exact) mass is 533 g/mol. The zero-order valence-electron chi connectivity index (χ0n) is 24.4. The van der Waals surface area contributed by atoms with E-state index in [0.717, 1.165) is 31.7 Å². The van der Waals surface area contributed by atoms with Gasteiger partial charge >= 0.3 is 0 Å². The summed E-state index contributed by atoms with van der Waals surface area (Å²) in [5.41, 5.74) is 6.57. The predicted octanol–water partition coefficient (Wildman–Crippen LogP) is 7.82. The van der Waals surface area contributed by atoms with Gasteiger partial charge in [0.15, 0.2) is 0 Å². The normalized spacial score (nSPS) is 17.6. The lowest BCUT2D eigenvalue weighted by molar-refractivity contribution is 0.0598. The summed E-state index contributed by atoms with van der Waals surface area (Å²) in [4.78, 5) is 7.27. The summed E-state index contributed by atoms with van der Waals surface area (Å²) in [7, 11) is 6.11. The SMILES string of the molecule is COC(c1ccc(N2CCCCC2)cc1)(c1cccc(N2CCCCC2)c1)c1ccc(N(C)C)c2ccccc12. The third-order valence-corrected chi connectivity index (χ3v) is 9.04. The molecule has 1 atom stereocenters. The van der Waals surface area contributed by atoms with Gasteiger partial charge in [0.1, 0.15) is 5.60 Å². The molecular weight excluding hydrogens is 490 g/mol. The number of rotatable bonds is 7. The molecule has 208 valence electrons. The van der Waals surface area contributed by atoms with E-state index in [0.29, 0.717) is 0 Å². The largest absolute Gasteiger partial charge is 0.377 e. The highest BCUT2D eigenvalue weighted by Crippen LogP contribution is 2.46. The second-order valence-corrected chi connectivity index (χ2v) is 11.7. The van der Waals surface area contributed by atoms with Gasteiger partial charge in [0.2, 0.25) is 0 Å². The molecule has 2 aliphatic rings. The predicted molar refractivity (Wildman–Crippen MR) is 170 cm³/mol. The van der Waals surface area contributed by atoms with Crippen molar-refractivity contribution in [1.29, 1.82) is 0 Å². The number of anilines is 3. The molecule has 6 rings (SSSR count). The summed E-state index contributed by atoms with van der Waals surface area (Å²) in [6, 6.07) is 31.6. The summed E-state index contributed by atoms with van der Waals surface area (Å²) < 4.78 is 6.79. The highest BCUT2D eigenvalue weighted by atomic mass is 16.5. The van der Waals surface area contributed by atoms with Crippen LogP contribution in [0.4, 0.5) is 17.1 Å². The topological polar surface area (TPSA) is 19.0 Å². The van der Waals surface area contributed by atoms with Crippen LogP contribution in [0.2, 0.25) is 0 Å². The zero-order chi connectivity index (χ0) is 27.5. The molecule has 4 aromatic carbocycles. The maximum Gasteiger partial charge on any atom is 0.144 e. The van der Waals surface area contributed by atoms with Crippen molar-refractivity contribution in [3.63, 3.8) is 0 Å². The highest BCUT2D eigenvalue weighted by molar-refractivity contribution is 5.97. The van der Waals surface area contributed by atoms with E-state index in [1.54, 1.807) is 0 Å². The Morgan fingerprint density at radius 2 is 1.23 bits per heavy atom.